The number of nitrogens with one attached hydrogen (secondary N) is 3. The number of halogens is 3. The highest BCUT2D eigenvalue weighted by Crippen LogP contribution is 2.38. The number of aliphatic hydroxyl groups excluding tert-OH is 1. The third-order valence-corrected chi connectivity index (χ3v) is 10.5. The molecule has 11 nitrogen and oxygen atoms in total. The summed E-state index contributed by atoms with van der Waals surface area (Å²) in [4.78, 5) is 26.7. The lowest BCUT2D eigenvalue weighted by Crippen LogP contribution is -2.68. The second kappa shape index (κ2) is 20.1. The Hall–Kier alpha value is -3.27. The summed E-state index contributed by atoms with van der Waals surface area (Å²) in [6.07, 6.45) is -0.654. The third-order valence-electron chi connectivity index (χ3n) is 10.5. The van der Waals surface area contributed by atoms with Gasteiger partial charge < -0.3 is 44.7 Å². The van der Waals surface area contributed by atoms with E-state index >= 15 is 0 Å². The fraction of sp³-hybridized carbons (Fsp3) is 0.650. The Morgan fingerprint density at radius 2 is 1.61 bits per heavy atom. The molecule has 2 aromatic carbocycles. The normalized spacial score (nSPS) is 29.9. The zero-order valence-electron chi connectivity index (χ0n) is 31.4. The van der Waals surface area contributed by atoms with Gasteiger partial charge in [0.2, 0.25) is 5.91 Å². The lowest BCUT2D eigenvalue weighted by molar-refractivity contribution is -0.361. The lowest BCUT2D eigenvalue weighted by atomic mass is 9.89. The van der Waals surface area contributed by atoms with Crippen molar-refractivity contribution < 1.29 is 51.6 Å². The first-order valence-corrected chi connectivity index (χ1v) is 19.4. The van der Waals surface area contributed by atoms with E-state index in [4.69, 9.17) is 23.7 Å². The molecule has 0 aliphatic carbocycles. The number of hydrogen-bond acceptors (Lipinski definition) is 8. The second-order valence-corrected chi connectivity index (χ2v) is 14.6. The molecule has 3 heterocycles. The van der Waals surface area contributed by atoms with Gasteiger partial charge in [0.25, 0.3) is 0 Å². The molecule has 0 aromatic heterocycles. The van der Waals surface area contributed by atoms with Crippen LogP contribution in [0.3, 0.4) is 0 Å². The summed E-state index contributed by atoms with van der Waals surface area (Å²) in [6, 6.07) is 11.3. The molecule has 0 radical (unpaired) electrons. The van der Waals surface area contributed by atoms with Gasteiger partial charge >= 0.3 is 12.2 Å². The maximum atomic E-state index is 13.4. The Labute approximate surface area is 316 Å². The Bertz CT molecular complexity index is 1470. The molecule has 3 fully saturated rings. The van der Waals surface area contributed by atoms with E-state index in [0.29, 0.717) is 19.3 Å². The maximum Gasteiger partial charge on any atom is 0.416 e. The highest BCUT2D eigenvalue weighted by molar-refractivity contribution is 5.89. The van der Waals surface area contributed by atoms with Gasteiger partial charge in [0.05, 0.1) is 43.1 Å². The molecule has 4 N–H and O–H groups in total. The number of hydrogen-bond donors (Lipinski definition) is 4. The zero-order chi connectivity index (χ0) is 38.7. The molecule has 2 aromatic rings. The first kappa shape index (κ1) is 41.9. The van der Waals surface area contributed by atoms with E-state index in [1.165, 1.54) is 37.8 Å². The van der Waals surface area contributed by atoms with Crippen LogP contribution >= 0.6 is 0 Å². The van der Waals surface area contributed by atoms with Gasteiger partial charge in [-0.25, -0.2) is 4.79 Å². The van der Waals surface area contributed by atoms with Crippen molar-refractivity contribution in [1.82, 2.24) is 10.6 Å². The van der Waals surface area contributed by atoms with Crippen LogP contribution in [0, 0.1) is 5.92 Å². The number of anilines is 1. The second-order valence-electron chi connectivity index (χ2n) is 14.6. The summed E-state index contributed by atoms with van der Waals surface area (Å²) < 4.78 is 71.3. The predicted molar refractivity (Wildman–Crippen MR) is 195 cm³/mol. The Morgan fingerprint density at radius 3 is 2.31 bits per heavy atom. The van der Waals surface area contributed by atoms with Crippen LogP contribution in [0.1, 0.15) is 102 Å². The maximum absolute atomic E-state index is 13.4. The van der Waals surface area contributed by atoms with E-state index in [1.807, 2.05) is 44.2 Å². The largest absolute Gasteiger partial charge is 0.416 e. The predicted octanol–water partition coefficient (Wildman–Crippen LogP) is 7.24. The minimum Gasteiger partial charge on any atom is -0.387 e. The van der Waals surface area contributed by atoms with Gasteiger partial charge in [-0.2, -0.15) is 13.2 Å². The van der Waals surface area contributed by atoms with Crippen LogP contribution in [-0.4, -0.2) is 79.2 Å². The molecule has 14 heteroatoms. The first-order valence-electron chi connectivity index (χ1n) is 19.4. The molecule has 3 aliphatic heterocycles. The molecule has 3 saturated heterocycles. The summed E-state index contributed by atoms with van der Waals surface area (Å²) in [5.41, 5.74) is -0.129. The number of carbonyl (C=O) groups is 2. The highest BCUT2D eigenvalue weighted by Gasteiger charge is 2.51. The van der Waals surface area contributed by atoms with Crippen LogP contribution in [-0.2, 0) is 34.7 Å². The SMILES string of the molecule is CCCCCCCCCCC(=O)N[C@H]1C(CC)OCC(NC(=O)Nc2cccc(C(F)(F)F)c2)[C@H]1O[C@@H]1OC2COC(c3ccccc3)O[C@@H]2[C@H](C)C1O. The van der Waals surface area contributed by atoms with Crippen molar-refractivity contribution in [3.8, 4) is 0 Å². The summed E-state index contributed by atoms with van der Waals surface area (Å²) in [5, 5.41) is 19.9. The summed E-state index contributed by atoms with van der Waals surface area (Å²) in [6.45, 7) is 6.08. The summed E-state index contributed by atoms with van der Waals surface area (Å²) in [7, 11) is 0. The molecule has 5 unspecified atom stereocenters. The Morgan fingerprint density at radius 1 is 0.889 bits per heavy atom. The fourth-order valence-electron chi connectivity index (χ4n) is 7.40. The number of amides is 3. The molecule has 10 atom stereocenters. The minimum absolute atomic E-state index is 0.0288. The van der Waals surface area contributed by atoms with Crippen LogP contribution in [0.15, 0.2) is 54.6 Å². The number of aliphatic hydroxyl groups is 1. The molecule has 0 bridgehead atoms. The van der Waals surface area contributed by atoms with Gasteiger partial charge in [0.1, 0.15) is 18.3 Å². The van der Waals surface area contributed by atoms with Crippen LogP contribution < -0.4 is 16.0 Å². The molecule has 54 heavy (non-hydrogen) atoms. The molecule has 0 saturated carbocycles. The highest BCUT2D eigenvalue weighted by atomic mass is 19.4. The van der Waals surface area contributed by atoms with E-state index < -0.39 is 78.9 Å². The van der Waals surface area contributed by atoms with E-state index in [-0.39, 0.29) is 24.8 Å². The molecular weight excluding hydrogens is 707 g/mol. The molecule has 3 aliphatic rings. The quantitative estimate of drug-likeness (QED) is 0.132. The van der Waals surface area contributed by atoms with Crippen molar-refractivity contribution in [1.29, 1.82) is 0 Å². The van der Waals surface area contributed by atoms with Crippen molar-refractivity contribution in [2.75, 3.05) is 18.5 Å². The first-order chi connectivity index (χ1) is 26.0. The number of urea groups is 1. The third kappa shape index (κ3) is 11.4. The van der Waals surface area contributed by atoms with E-state index in [1.54, 1.807) is 0 Å². The van der Waals surface area contributed by atoms with Crippen LogP contribution in [0.2, 0.25) is 0 Å². The number of carbonyl (C=O) groups excluding carboxylic acids is 2. The van der Waals surface area contributed by atoms with Crippen molar-refractivity contribution in [2.45, 2.75) is 146 Å². The van der Waals surface area contributed by atoms with Crippen LogP contribution in [0.25, 0.3) is 0 Å². The summed E-state index contributed by atoms with van der Waals surface area (Å²) >= 11 is 0. The van der Waals surface area contributed by atoms with E-state index in [9.17, 15) is 27.9 Å². The number of ether oxygens (including phenoxy) is 5. The number of alkyl halides is 3. The molecule has 0 spiro atoms. The van der Waals surface area contributed by atoms with Crippen molar-refractivity contribution in [2.24, 2.45) is 5.92 Å². The van der Waals surface area contributed by atoms with Gasteiger partial charge in [-0.05, 0) is 31.0 Å². The van der Waals surface area contributed by atoms with Gasteiger partial charge in [0, 0.05) is 23.6 Å². The monoisotopic (exact) mass is 763 g/mol. The minimum atomic E-state index is -4.59. The summed E-state index contributed by atoms with van der Waals surface area (Å²) in [5.74, 6) is -0.647. The smallest absolute Gasteiger partial charge is 0.387 e. The average Bonchev–Trinajstić information content (AvgIpc) is 3.16. The lowest BCUT2D eigenvalue weighted by Gasteiger charge is -2.50. The average molecular weight is 764 g/mol. The van der Waals surface area contributed by atoms with Crippen molar-refractivity contribution >= 4 is 17.6 Å². The molecular formula is C40H56F3N3O8. The van der Waals surface area contributed by atoms with E-state index in [0.717, 1.165) is 37.0 Å². The number of benzene rings is 2. The van der Waals surface area contributed by atoms with Gasteiger partial charge in [-0.1, -0.05) is 102 Å². The molecule has 5 rings (SSSR count). The molecule has 300 valence electrons. The van der Waals surface area contributed by atoms with Gasteiger partial charge in [-0.15, -0.1) is 0 Å². The Kier molecular flexibility index (Phi) is 15.6. The standard InChI is InChI=1S/C40H56F3N3O8/c1-4-6-7-8-9-10-11-15-21-32(47)46-33-30(5-2)50-23-29(45-39(49)44-28-20-16-19-27(22-28)40(41,42)43)36(33)54-38-34(48)25(3)35-31(52-38)24-51-37(53-35)26-17-13-12-14-18-26/h12-14,16-20,22,25,29-31,33-38,48H,4-11,15,21,23-24H2,1-3H3,(H,46,47)(H2,44,45,49)/t25-,29?,30?,31?,33+,34?,35-,36-,37?,38+/m1/s1. The molecule has 3 amide bonds. The van der Waals surface area contributed by atoms with Gasteiger partial charge in [0.15, 0.2) is 12.6 Å². The fourth-order valence-corrected chi connectivity index (χ4v) is 7.40. The number of unbranched alkanes of at least 4 members (excludes halogenated alkanes) is 7. The van der Waals surface area contributed by atoms with Crippen LogP contribution in [0.5, 0.6) is 0 Å². The zero-order valence-corrected chi connectivity index (χ0v) is 31.4. The number of fused-ring (bicyclic) bond motifs is 1. The van der Waals surface area contributed by atoms with Crippen molar-refractivity contribution in [3.63, 3.8) is 0 Å². The number of rotatable bonds is 16. The topological polar surface area (TPSA) is 137 Å². The van der Waals surface area contributed by atoms with E-state index in [2.05, 4.69) is 22.9 Å². The van der Waals surface area contributed by atoms with Gasteiger partial charge in [-0.3, -0.25) is 4.79 Å². The van der Waals surface area contributed by atoms with Crippen molar-refractivity contribution in [3.05, 3.63) is 65.7 Å². The Balaban J connectivity index is 1.29. The van der Waals surface area contributed by atoms with Crippen LogP contribution in [0.4, 0.5) is 23.7 Å².